The number of nitrogens with zero attached hydrogens (tertiary/aromatic N) is 1. The summed E-state index contributed by atoms with van der Waals surface area (Å²) in [6.07, 6.45) is 1.29. The molecule has 0 aromatic heterocycles. The molecule has 11 heavy (non-hydrogen) atoms. The lowest BCUT2D eigenvalue weighted by Gasteiger charge is -2.21. The van der Waals surface area contributed by atoms with Gasteiger partial charge in [-0.3, -0.25) is 0 Å². The molecule has 0 unspecified atom stereocenters. The lowest BCUT2D eigenvalue weighted by Crippen LogP contribution is -2.32. The van der Waals surface area contributed by atoms with Crippen molar-refractivity contribution in [1.82, 2.24) is 4.90 Å². The number of rotatable bonds is 2. The summed E-state index contributed by atoms with van der Waals surface area (Å²) in [5.74, 6) is 0.734. The van der Waals surface area contributed by atoms with Crippen LogP contribution in [0, 0.1) is 5.92 Å². The van der Waals surface area contributed by atoms with Gasteiger partial charge in [-0.05, 0) is 39.7 Å². The normalized spacial score (nSPS) is 29.7. The molecule has 0 aromatic carbocycles. The Bertz CT molecular complexity index is 107. The Morgan fingerprint density at radius 3 is 2.27 bits per heavy atom. The summed E-state index contributed by atoms with van der Waals surface area (Å²) in [6.45, 7) is 9.07. The summed E-state index contributed by atoms with van der Waals surface area (Å²) in [5, 5.41) is 0. The predicted molar refractivity (Wildman–Crippen MR) is 48.5 cm³/mol. The van der Waals surface area contributed by atoms with Crippen molar-refractivity contribution >= 4 is 0 Å². The number of likely N-dealkylation sites (tertiary alicyclic amines) is 1. The molecule has 1 rings (SSSR count). The second-order valence-electron chi connectivity index (χ2n) is 4.00. The summed E-state index contributed by atoms with van der Waals surface area (Å²) in [5.41, 5.74) is 5.83. The summed E-state index contributed by atoms with van der Waals surface area (Å²) < 4.78 is 0. The van der Waals surface area contributed by atoms with Gasteiger partial charge >= 0.3 is 0 Å². The quantitative estimate of drug-likeness (QED) is 0.648. The maximum absolute atomic E-state index is 5.83. The maximum atomic E-state index is 5.83. The summed E-state index contributed by atoms with van der Waals surface area (Å²) >= 11 is 0. The average molecular weight is 156 g/mol. The van der Waals surface area contributed by atoms with Crippen LogP contribution in [-0.2, 0) is 0 Å². The van der Waals surface area contributed by atoms with Crippen molar-refractivity contribution in [2.24, 2.45) is 11.7 Å². The van der Waals surface area contributed by atoms with Gasteiger partial charge in [-0.15, -0.1) is 0 Å². The molecule has 0 spiro atoms. The molecule has 66 valence electrons. The fourth-order valence-corrected chi connectivity index (χ4v) is 1.71. The SMILES string of the molecule is CC(C)N1CC[C@@H]([C@@H](C)N)C1. The molecule has 1 aliphatic rings. The van der Waals surface area contributed by atoms with E-state index in [9.17, 15) is 0 Å². The second-order valence-corrected chi connectivity index (χ2v) is 4.00. The molecule has 0 bridgehead atoms. The van der Waals surface area contributed by atoms with Gasteiger partial charge in [0.1, 0.15) is 0 Å². The zero-order chi connectivity index (χ0) is 8.43. The van der Waals surface area contributed by atoms with Crippen molar-refractivity contribution in [3.63, 3.8) is 0 Å². The highest BCUT2D eigenvalue weighted by Gasteiger charge is 2.26. The Kier molecular flexibility index (Phi) is 2.90. The zero-order valence-corrected chi connectivity index (χ0v) is 7.88. The van der Waals surface area contributed by atoms with E-state index in [2.05, 4.69) is 25.7 Å². The largest absolute Gasteiger partial charge is 0.328 e. The molecule has 0 aliphatic carbocycles. The Balaban J connectivity index is 2.35. The molecular weight excluding hydrogens is 136 g/mol. The molecule has 1 aliphatic heterocycles. The Labute approximate surface area is 69.8 Å². The molecular formula is C9H20N2. The number of hydrogen-bond donors (Lipinski definition) is 1. The lowest BCUT2D eigenvalue weighted by atomic mass is 10.0. The van der Waals surface area contributed by atoms with E-state index >= 15 is 0 Å². The van der Waals surface area contributed by atoms with Crippen LogP contribution in [0.2, 0.25) is 0 Å². The first-order valence-corrected chi connectivity index (χ1v) is 4.61. The van der Waals surface area contributed by atoms with Crippen LogP contribution in [0.15, 0.2) is 0 Å². The molecule has 2 N–H and O–H groups in total. The minimum atomic E-state index is 0.374. The van der Waals surface area contributed by atoms with E-state index in [4.69, 9.17) is 5.73 Å². The van der Waals surface area contributed by atoms with E-state index in [0.717, 1.165) is 5.92 Å². The fourth-order valence-electron chi connectivity index (χ4n) is 1.71. The van der Waals surface area contributed by atoms with Crippen molar-refractivity contribution < 1.29 is 0 Å². The molecule has 1 heterocycles. The van der Waals surface area contributed by atoms with Crippen molar-refractivity contribution in [2.75, 3.05) is 13.1 Å². The minimum absolute atomic E-state index is 0.374. The van der Waals surface area contributed by atoms with Crippen LogP contribution in [0.25, 0.3) is 0 Å². The molecule has 2 heteroatoms. The molecule has 2 atom stereocenters. The second kappa shape index (κ2) is 3.55. The fraction of sp³-hybridized carbons (Fsp3) is 1.00. The van der Waals surface area contributed by atoms with E-state index in [1.54, 1.807) is 0 Å². The van der Waals surface area contributed by atoms with Gasteiger partial charge in [-0.25, -0.2) is 0 Å². The topological polar surface area (TPSA) is 29.3 Å². The van der Waals surface area contributed by atoms with Crippen molar-refractivity contribution in [3.8, 4) is 0 Å². The molecule has 1 saturated heterocycles. The van der Waals surface area contributed by atoms with Gasteiger partial charge in [0.15, 0.2) is 0 Å². The Morgan fingerprint density at radius 1 is 1.36 bits per heavy atom. The van der Waals surface area contributed by atoms with Crippen LogP contribution in [0.3, 0.4) is 0 Å². The van der Waals surface area contributed by atoms with Gasteiger partial charge in [0.05, 0.1) is 0 Å². The van der Waals surface area contributed by atoms with Crippen molar-refractivity contribution in [3.05, 3.63) is 0 Å². The van der Waals surface area contributed by atoms with Crippen LogP contribution in [-0.4, -0.2) is 30.1 Å². The van der Waals surface area contributed by atoms with Crippen LogP contribution >= 0.6 is 0 Å². The monoisotopic (exact) mass is 156 g/mol. The van der Waals surface area contributed by atoms with E-state index in [0.29, 0.717) is 12.1 Å². The third-order valence-corrected chi connectivity index (χ3v) is 2.73. The van der Waals surface area contributed by atoms with Gasteiger partial charge in [0.25, 0.3) is 0 Å². The summed E-state index contributed by atoms with van der Waals surface area (Å²) in [7, 11) is 0. The Morgan fingerprint density at radius 2 is 2.00 bits per heavy atom. The zero-order valence-electron chi connectivity index (χ0n) is 7.88. The van der Waals surface area contributed by atoms with Crippen molar-refractivity contribution in [1.29, 1.82) is 0 Å². The van der Waals surface area contributed by atoms with Crippen LogP contribution in [0.4, 0.5) is 0 Å². The molecule has 0 radical (unpaired) electrons. The summed E-state index contributed by atoms with van der Waals surface area (Å²) in [6, 6.07) is 1.07. The van der Waals surface area contributed by atoms with E-state index in [1.807, 2.05) is 0 Å². The molecule has 0 amide bonds. The van der Waals surface area contributed by atoms with Gasteiger partial charge in [-0.2, -0.15) is 0 Å². The third-order valence-electron chi connectivity index (χ3n) is 2.73. The number of hydrogen-bond acceptors (Lipinski definition) is 2. The first kappa shape index (κ1) is 9.01. The lowest BCUT2D eigenvalue weighted by molar-refractivity contribution is 0.260. The highest BCUT2D eigenvalue weighted by Crippen LogP contribution is 2.20. The van der Waals surface area contributed by atoms with Crippen LogP contribution < -0.4 is 5.73 Å². The van der Waals surface area contributed by atoms with E-state index in [-0.39, 0.29) is 0 Å². The van der Waals surface area contributed by atoms with Gasteiger partial charge in [0.2, 0.25) is 0 Å². The predicted octanol–water partition coefficient (Wildman–Crippen LogP) is 1.06. The molecule has 1 fully saturated rings. The smallest absolute Gasteiger partial charge is 0.00514 e. The van der Waals surface area contributed by atoms with Gasteiger partial charge < -0.3 is 10.6 Å². The minimum Gasteiger partial charge on any atom is -0.328 e. The molecule has 2 nitrogen and oxygen atoms in total. The van der Waals surface area contributed by atoms with E-state index in [1.165, 1.54) is 19.5 Å². The highest BCUT2D eigenvalue weighted by molar-refractivity contribution is 4.82. The van der Waals surface area contributed by atoms with Crippen molar-refractivity contribution in [2.45, 2.75) is 39.3 Å². The van der Waals surface area contributed by atoms with Crippen LogP contribution in [0.5, 0.6) is 0 Å². The Hall–Kier alpha value is -0.0800. The average Bonchev–Trinajstić information content (AvgIpc) is 2.33. The maximum Gasteiger partial charge on any atom is 0.00514 e. The number of nitrogens with two attached hydrogens (primary N) is 1. The van der Waals surface area contributed by atoms with Gasteiger partial charge in [0, 0.05) is 18.6 Å². The highest BCUT2D eigenvalue weighted by atomic mass is 15.2. The first-order chi connectivity index (χ1) is 5.11. The third kappa shape index (κ3) is 2.17. The van der Waals surface area contributed by atoms with Crippen LogP contribution in [0.1, 0.15) is 27.2 Å². The van der Waals surface area contributed by atoms with E-state index < -0.39 is 0 Å². The summed E-state index contributed by atoms with van der Waals surface area (Å²) in [4.78, 5) is 2.51. The standard InChI is InChI=1S/C9H20N2/c1-7(2)11-5-4-9(6-11)8(3)10/h7-9H,4-6,10H2,1-3H3/t8-,9-/m1/s1. The first-order valence-electron chi connectivity index (χ1n) is 4.61. The molecule has 0 saturated carbocycles. The molecule has 0 aromatic rings. The van der Waals surface area contributed by atoms with Gasteiger partial charge in [-0.1, -0.05) is 0 Å².